The maximum atomic E-state index is 5.04. The van der Waals surface area contributed by atoms with Crippen LogP contribution in [0.5, 0.6) is 0 Å². The van der Waals surface area contributed by atoms with Crippen LogP contribution in [0.25, 0.3) is 44.5 Å². The molecule has 0 fully saturated rings. The second-order valence-electron chi connectivity index (χ2n) is 18.3. The van der Waals surface area contributed by atoms with Gasteiger partial charge in [-0.1, -0.05) is 97.1 Å². The molecular formula is C50H50N4S4. The van der Waals surface area contributed by atoms with E-state index in [1.807, 2.05) is 47.0 Å². The molecule has 4 heterocycles. The van der Waals surface area contributed by atoms with Gasteiger partial charge in [0.1, 0.15) is 0 Å². The van der Waals surface area contributed by atoms with E-state index >= 15 is 0 Å². The van der Waals surface area contributed by atoms with Crippen LogP contribution in [0, 0.1) is 0 Å². The van der Waals surface area contributed by atoms with E-state index in [2.05, 4.69) is 165 Å². The van der Waals surface area contributed by atoms with Crippen molar-refractivity contribution in [2.24, 2.45) is 20.0 Å². The summed E-state index contributed by atoms with van der Waals surface area (Å²) in [6, 6.07) is 41.1. The zero-order chi connectivity index (χ0) is 40.5. The first-order valence-electron chi connectivity index (χ1n) is 20.1. The zero-order valence-electron chi connectivity index (χ0n) is 34.6. The minimum atomic E-state index is -0.0337. The van der Waals surface area contributed by atoms with Crippen LogP contribution < -0.4 is 0 Å². The van der Waals surface area contributed by atoms with Gasteiger partial charge in [-0.3, -0.25) is 20.0 Å². The normalized spacial score (nSPS) is 20.1. The Morgan fingerprint density at radius 1 is 0.293 bits per heavy atom. The third kappa shape index (κ3) is 8.32. The minimum absolute atomic E-state index is 0.0337. The third-order valence-corrected chi connectivity index (χ3v) is 16.6. The lowest BCUT2D eigenvalue weighted by Gasteiger charge is -2.19. The van der Waals surface area contributed by atoms with Crippen LogP contribution in [0.15, 0.2) is 129 Å². The summed E-state index contributed by atoms with van der Waals surface area (Å²) in [6.07, 6.45) is 0. The van der Waals surface area contributed by atoms with Crippen molar-refractivity contribution in [2.75, 3.05) is 23.0 Å². The monoisotopic (exact) mass is 834 g/mol. The summed E-state index contributed by atoms with van der Waals surface area (Å²) in [5, 5.41) is 4.51. The Hall–Kier alpha value is -3.82. The smallest absolute Gasteiger partial charge is 0.0984 e. The molecule has 294 valence electrons. The molecule has 9 rings (SSSR count). The quantitative estimate of drug-likeness (QED) is 0.156. The Kier molecular flexibility index (Phi) is 10.3. The third-order valence-electron chi connectivity index (χ3n) is 10.8. The van der Waals surface area contributed by atoms with Gasteiger partial charge >= 0.3 is 0 Å². The summed E-state index contributed by atoms with van der Waals surface area (Å²) in [5.74, 6) is 4.02. The molecule has 0 aliphatic carbocycles. The van der Waals surface area contributed by atoms with Gasteiger partial charge in [0.05, 0.1) is 42.3 Å². The molecule has 4 aliphatic heterocycles. The first kappa shape index (κ1) is 39.6. The van der Waals surface area contributed by atoms with Gasteiger partial charge in [0, 0.05) is 45.3 Å². The summed E-state index contributed by atoms with van der Waals surface area (Å²) < 4.78 is 0. The Balaban J connectivity index is 1.19. The molecule has 5 aromatic rings. The van der Waals surface area contributed by atoms with E-state index in [1.54, 1.807) is 0 Å². The summed E-state index contributed by atoms with van der Waals surface area (Å²) in [4.78, 5) is 20.2. The zero-order valence-corrected chi connectivity index (χ0v) is 37.9. The van der Waals surface area contributed by atoms with E-state index in [9.17, 15) is 0 Å². The Morgan fingerprint density at radius 3 is 0.621 bits per heavy atom. The molecule has 4 aliphatic rings. The van der Waals surface area contributed by atoms with E-state index in [4.69, 9.17) is 20.0 Å². The van der Waals surface area contributed by atoms with E-state index < -0.39 is 0 Å². The van der Waals surface area contributed by atoms with Crippen LogP contribution in [0.4, 0.5) is 0 Å². The van der Waals surface area contributed by atoms with Crippen molar-refractivity contribution in [1.29, 1.82) is 0 Å². The number of hydrogen-bond donors (Lipinski definition) is 0. The van der Waals surface area contributed by atoms with Crippen molar-refractivity contribution < 1.29 is 0 Å². The standard InChI is InChI=1S/C50H50N4S4/c1-47(2)27-55-43(51-47)35-17-9-31(10-18-35)39-25-41(33-13-21-37(22-14-33)45-53-49(5,6)29-57-45)42(34-15-23-38(24-16-34)46-54-50(7,8)30-58-46)26-40(39)32-11-19-36(20-12-32)44-52-48(3,4)28-56-44/h9-26H,27-30H2,1-8H3. The van der Waals surface area contributed by atoms with Gasteiger partial charge in [0.2, 0.25) is 0 Å². The first-order valence-corrected chi connectivity index (χ1v) is 24.1. The number of benzene rings is 5. The van der Waals surface area contributed by atoms with Gasteiger partial charge in [0.25, 0.3) is 0 Å². The molecule has 0 atom stereocenters. The second kappa shape index (κ2) is 15.0. The lowest BCUT2D eigenvalue weighted by atomic mass is 9.85. The van der Waals surface area contributed by atoms with Gasteiger partial charge < -0.3 is 0 Å². The molecule has 0 amide bonds. The predicted octanol–water partition coefficient (Wildman–Crippen LogP) is 13.4. The molecule has 4 nitrogen and oxygen atoms in total. The van der Waals surface area contributed by atoms with Gasteiger partial charge in [-0.2, -0.15) is 0 Å². The highest BCUT2D eigenvalue weighted by Crippen LogP contribution is 2.44. The average Bonchev–Trinajstić information content (AvgIpc) is 3.98. The summed E-state index contributed by atoms with van der Waals surface area (Å²) in [7, 11) is 0. The number of aliphatic imine (C=N–C) groups is 4. The number of hydrogen-bond acceptors (Lipinski definition) is 8. The van der Waals surface area contributed by atoms with E-state index in [-0.39, 0.29) is 22.2 Å². The van der Waals surface area contributed by atoms with Crippen LogP contribution in [0.1, 0.15) is 77.6 Å². The molecule has 0 aromatic heterocycles. The molecule has 0 bridgehead atoms. The van der Waals surface area contributed by atoms with Gasteiger partial charge in [-0.25, -0.2) is 0 Å². The Morgan fingerprint density at radius 2 is 0.466 bits per heavy atom. The van der Waals surface area contributed by atoms with Crippen molar-refractivity contribution in [2.45, 2.75) is 77.5 Å². The number of rotatable bonds is 8. The fourth-order valence-corrected chi connectivity index (χ4v) is 12.3. The average molecular weight is 835 g/mol. The Bertz CT molecular complexity index is 2170. The van der Waals surface area contributed by atoms with Crippen LogP contribution in [0.3, 0.4) is 0 Å². The highest BCUT2D eigenvalue weighted by Gasteiger charge is 2.29. The molecule has 0 saturated carbocycles. The second-order valence-corrected chi connectivity index (χ2v) is 22.2. The SMILES string of the molecule is CC1(C)CSC(c2ccc(-c3cc(-c4ccc(C5=NC(C)(C)CS5)cc4)c(-c4ccc(C5=NC(C)(C)CS5)cc4)cc3-c3ccc(C4=NC(C)(C)CS4)cc3)cc2)=N1. The molecular weight excluding hydrogens is 785 g/mol. The lowest BCUT2D eigenvalue weighted by molar-refractivity contribution is 0.605. The predicted molar refractivity (Wildman–Crippen MR) is 260 cm³/mol. The van der Waals surface area contributed by atoms with Crippen molar-refractivity contribution in [3.8, 4) is 44.5 Å². The maximum Gasteiger partial charge on any atom is 0.0984 e. The molecule has 0 spiro atoms. The topological polar surface area (TPSA) is 49.4 Å². The van der Waals surface area contributed by atoms with Gasteiger partial charge in [-0.05, 0) is 112 Å². The van der Waals surface area contributed by atoms with Crippen LogP contribution in [0.2, 0.25) is 0 Å². The molecule has 0 unspecified atom stereocenters. The van der Waals surface area contributed by atoms with Crippen molar-refractivity contribution in [3.63, 3.8) is 0 Å². The van der Waals surface area contributed by atoms with Crippen molar-refractivity contribution in [3.05, 3.63) is 131 Å². The first-order chi connectivity index (χ1) is 27.6. The fourth-order valence-electron chi connectivity index (χ4n) is 7.65. The summed E-state index contributed by atoms with van der Waals surface area (Å²) in [6.45, 7) is 17.7. The van der Waals surface area contributed by atoms with E-state index in [0.29, 0.717) is 0 Å². The largest absolute Gasteiger partial charge is 0.271 e. The Labute approximate surface area is 361 Å². The van der Waals surface area contributed by atoms with Crippen molar-refractivity contribution in [1.82, 2.24) is 0 Å². The van der Waals surface area contributed by atoms with E-state index in [0.717, 1.165) is 43.2 Å². The summed E-state index contributed by atoms with van der Waals surface area (Å²) in [5.41, 5.74) is 14.1. The fraction of sp³-hybridized carbons (Fsp3) is 0.320. The molecule has 5 aromatic carbocycles. The molecule has 8 heteroatoms. The van der Waals surface area contributed by atoms with Crippen LogP contribution in [-0.4, -0.2) is 65.3 Å². The number of thioether (sulfide) groups is 4. The molecule has 58 heavy (non-hydrogen) atoms. The van der Waals surface area contributed by atoms with Crippen LogP contribution in [-0.2, 0) is 0 Å². The molecule has 0 saturated heterocycles. The maximum absolute atomic E-state index is 5.04. The van der Waals surface area contributed by atoms with E-state index in [1.165, 1.54) is 66.8 Å². The van der Waals surface area contributed by atoms with Crippen molar-refractivity contribution >= 4 is 67.2 Å². The molecule has 0 radical (unpaired) electrons. The van der Waals surface area contributed by atoms with Gasteiger partial charge in [0.15, 0.2) is 0 Å². The number of nitrogens with zero attached hydrogens (tertiary/aromatic N) is 4. The lowest BCUT2D eigenvalue weighted by Crippen LogP contribution is -2.15. The summed E-state index contributed by atoms with van der Waals surface area (Å²) >= 11 is 7.41. The minimum Gasteiger partial charge on any atom is -0.271 e. The highest BCUT2D eigenvalue weighted by atomic mass is 32.2. The van der Waals surface area contributed by atoms with Crippen LogP contribution >= 0.6 is 47.0 Å². The highest BCUT2D eigenvalue weighted by molar-refractivity contribution is 8.15. The molecule has 0 N–H and O–H groups in total. The van der Waals surface area contributed by atoms with Gasteiger partial charge in [-0.15, -0.1) is 47.0 Å².